The molecule has 10 heteroatoms. The smallest absolute Gasteiger partial charge is 0.310 e. The summed E-state index contributed by atoms with van der Waals surface area (Å²) >= 11 is 0. The van der Waals surface area contributed by atoms with Gasteiger partial charge < -0.3 is 44.0 Å². The van der Waals surface area contributed by atoms with E-state index in [9.17, 15) is 15.0 Å². The molecule has 1 fully saturated rings. The first kappa shape index (κ1) is 23.5. The SMILES string of the molecule is COc1cc([C@H]2c3cc4c(cc3[C@@H](NCC(O)CO)C3COC(=O)[C@@H]32)OCO4)cc(OC)c1OC. The van der Waals surface area contributed by atoms with E-state index in [-0.39, 0.29) is 50.4 Å². The van der Waals surface area contributed by atoms with Crippen LogP contribution in [0.4, 0.5) is 0 Å². The average molecular weight is 488 g/mol. The van der Waals surface area contributed by atoms with Crippen LogP contribution in [0.2, 0.25) is 0 Å². The average Bonchev–Trinajstić information content (AvgIpc) is 3.50. The minimum Gasteiger partial charge on any atom is -0.493 e. The van der Waals surface area contributed by atoms with Crippen LogP contribution in [0, 0.1) is 11.8 Å². The molecule has 1 saturated heterocycles. The standard InChI is InChI=1S/C25H29NO9/c1-30-19-4-12(5-20(31-2)24(19)32-3)21-14-6-17-18(35-11-34-17)7-15(14)23(26-8-13(28)9-27)16-10-33-25(29)22(16)21/h4-7,13,16,21-23,26-28H,8-11H2,1-3H3/t13?,16?,21-,22-,23+/m0/s1. The van der Waals surface area contributed by atoms with Crippen LogP contribution in [0.3, 0.4) is 0 Å². The van der Waals surface area contributed by atoms with E-state index < -0.39 is 12.0 Å². The van der Waals surface area contributed by atoms with Crippen molar-refractivity contribution in [2.45, 2.75) is 18.1 Å². The number of ether oxygens (including phenoxy) is 6. The predicted octanol–water partition coefficient (Wildman–Crippen LogP) is 1.36. The molecular weight excluding hydrogens is 458 g/mol. The highest BCUT2D eigenvalue weighted by molar-refractivity contribution is 5.79. The second-order valence-corrected chi connectivity index (χ2v) is 8.81. The molecule has 2 heterocycles. The number of aliphatic hydroxyl groups excluding tert-OH is 2. The Kier molecular flexibility index (Phi) is 6.35. The molecule has 5 rings (SSSR count). The molecule has 2 aliphatic heterocycles. The molecule has 0 spiro atoms. The first-order valence-corrected chi connectivity index (χ1v) is 11.4. The molecule has 35 heavy (non-hydrogen) atoms. The summed E-state index contributed by atoms with van der Waals surface area (Å²) in [6, 6.07) is 7.23. The van der Waals surface area contributed by atoms with E-state index in [0.29, 0.717) is 28.7 Å². The summed E-state index contributed by atoms with van der Waals surface area (Å²) in [6.07, 6.45) is -0.934. The van der Waals surface area contributed by atoms with Crippen LogP contribution < -0.4 is 29.0 Å². The third kappa shape index (κ3) is 3.91. The van der Waals surface area contributed by atoms with Gasteiger partial charge in [0.25, 0.3) is 0 Å². The normalized spacial score (nSPS) is 24.9. The van der Waals surface area contributed by atoms with E-state index in [1.165, 1.54) is 7.11 Å². The van der Waals surface area contributed by atoms with E-state index in [0.717, 1.165) is 16.7 Å². The van der Waals surface area contributed by atoms with Gasteiger partial charge in [-0.3, -0.25) is 4.79 Å². The first-order valence-electron chi connectivity index (χ1n) is 11.4. The quantitative estimate of drug-likeness (QED) is 0.470. The van der Waals surface area contributed by atoms with Crippen molar-refractivity contribution < 1.29 is 43.4 Å². The summed E-state index contributed by atoms with van der Waals surface area (Å²) in [6.45, 7) is 0.126. The van der Waals surface area contributed by atoms with Gasteiger partial charge in [-0.15, -0.1) is 0 Å². The zero-order valence-electron chi connectivity index (χ0n) is 19.8. The van der Waals surface area contributed by atoms with Gasteiger partial charge in [-0.05, 0) is 41.0 Å². The van der Waals surface area contributed by atoms with Gasteiger partial charge in [0.2, 0.25) is 12.5 Å². The van der Waals surface area contributed by atoms with E-state index >= 15 is 0 Å². The fourth-order valence-corrected chi connectivity index (χ4v) is 5.43. The van der Waals surface area contributed by atoms with Crippen molar-refractivity contribution in [3.05, 3.63) is 41.0 Å². The third-order valence-corrected chi connectivity index (χ3v) is 7.02. The van der Waals surface area contributed by atoms with Crippen LogP contribution in [0.5, 0.6) is 28.7 Å². The Morgan fingerprint density at radius 1 is 1.00 bits per heavy atom. The number of hydrogen-bond acceptors (Lipinski definition) is 10. The van der Waals surface area contributed by atoms with Crippen LogP contribution in [0.25, 0.3) is 0 Å². The Balaban J connectivity index is 1.69. The number of benzene rings is 2. The second-order valence-electron chi connectivity index (χ2n) is 8.81. The number of hydrogen-bond donors (Lipinski definition) is 3. The van der Waals surface area contributed by atoms with Crippen molar-refractivity contribution in [1.82, 2.24) is 5.32 Å². The number of carbonyl (C=O) groups is 1. The zero-order chi connectivity index (χ0) is 24.7. The number of nitrogens with one attached hydrogen (secondary N) is 1. The fraction of sp³-hybridized carbons (Fsp3) is 0.480. The van der Waals surface area contributed by atoms with Crippen molar-refractivity contribution in [2.75, 3.05) is 47.9 Å². The lowest BCUT2D eigenvalue weighted by Gasteiger charge is -2.40. The highest BCUT2D eigenvalue weighted by Gasteiger charge is 2.52. The molecule has 3 N–H and O–H groups in total. The maximum Gasteiger partial charge on any atom is 0.310 e. The molecule has 0 amide bonds. The summed E-state index contributed by atoms with van der Waals surface area (Å²) in [5.41, 5.74) is 2.60. The topological polar surface area (TPSA) is 125 Å². The zero-order valence-corrected chi connectivity index (χ0v) is 19.8. The largest absolute Gasteiger partial charge is 0.493 e. The van der Waals surface area contributed by atoms with E-state index in [4.69, 9.17) is 28.4 Å². The molecule has 2 unspecified atom stereocenters. The second kappa shape index (κ2) is 9.44. The van der Waals surface area contributed by atoms with Gasteiger partial charge in [-0.1, -0.05) is 0 Å². The fourth-order valence-electron chi connectivity index (χ4n) is 5.43. The molecule has 5 atom stereocenters. The highest BCUT2D eigenvalue weighted by Crippen LogP contribution is 2.55. The highest BCUT2D eigenvalue weighted by atomic mass is 16.7. The van der Waals surface area contributed by atoms with Crippen molar-refractivity contribution in [2.24, 2.45) is 11.8 Å². The molecule has 0 aromatic heterocycles. The monoisotopic (exact) mass is 487 g/mol. The maximum atomic E-state index is 13.1. The molecule has 0 radical (unpaired) electrons. The van der Waals surface area contributed by atoms with Crippen molar-refractivity contribution in [3.63, 3.8) is 0 Å². The Hall–Kier alpha value is -3.21. The van der Waals surface area contributed by atoms with Gasteiger partial charge in [0.05, 0.1) is 46.6 Å². The maximum absolute atomic E-state index is 13.1. The molecular formula is C25H29NO9. The van der Waals surface area contributed by atoms with Gasteiger partial charge >= 0.3 is 5.97 Å². The number of esters is 1. The Morgan fingerprint density at radius 2 is 1.66 bits per heavy atom. The van der Waals surface area contributed by atoms with Crippen LogP contribution >= 0.6 is 0 Å². The van der Waals surface area contributed by atoms with Gasteiger partial charge in [0, 0.05) is 24.4 Å². The lowest BCUT2D eigenvalue weighted by molar-refractivity contribution is -0.141. The van der Waals surface area contributed by atoms with Gasteiger partial charge in [-0.2, -0.15) is 0 Å². The number of cyclic esters (lactones) is 1. The van der Waals surface area contributed by atoms with Crippen LogP contribution in [0.1, 0.15) is 28.7 Å². The lowest BCUT2D eigenvalue weighted by Crippen LogP contribution is -2.43. The number of rotatable bonds is 8. The third-order valence-electron chi connectivity index (χ3n) is 7.02. The van der Waals surface area contributed by atoms with Gasteiger partial charge in [0.15, 0.2) is 23.0 Å². The van der Waals surface area contributed by atoms with Crippen molar-refractivity contribution >= 4 is 5.97 Å². The molecule has 10 nitrogen and oxygen atoms in total. The van der Waals surface area contributed by atoms with Gasteiger partial charge in [-0.25, -0.2) is 0 Å². The Labute approximate surface area is 202 Å². The molecule has 2 aromatic carbocycles. The summed E-state index contributed by atoms with van der Waals surface area (Å²) in [7, 11) is 4.64. The van der Waals surface area contributed by atoms with Crippen LogP contribution in [-0.2, 0) is 9.53 Å². The van der Waals surface area contributed by atoms with Crippen LogP contribution in [-0.4, -0.2) is 70.2 Å². The lowest BCUT2D eigenvalue weighted by atomic mass is 9.65. The molecule has 188 valence electrons. The number of aliphatic hydroxyl groups is 2. The number of carbonyl (C=O) groups excluding carboxylic acids is 1. The van der Waals surface area contributed by atoms with E-state index in [2.05, 4.69) is 5.32 Å². The molecule has 2 aromatic rings. The summed E-state index contributed by atoms with van der Waals surface area (Å²) in [5.74, 6) is 1.24. The van der Waals surface area contributed by atoms with Crippen LogP contribution in [0.15, 0.2) is 24.3 Å². The summed E-state index contributed by atoms with van der Waals surface area (Å²) in [4.78, 5) is 13.1. The van der Waals surface area contributed by atoms with E-state index in [1.54, 1.807) is 14.2 Å². The molecule has 0 bridgehead atoms. The minimum atomic E-state index is -0.934. The van der Waals surface area contributed by atoms with Crippen molar-refractivity contribution in [1.29, 1.82) is 0 Å². The summed E-state index contributed by atoms with van der Waals surface area (Å²) < 4.78 is 33.5. The first-order chi connectivity index (χ1) is 17.0. The Bertz CT molecular complexity index is 1100. The Morgan fingerprint density at radius 3 is 2.26 bits per heavy atom. The number of fused-ring (bicyclic) bond motifs is 3. The van der Waals surface area contributed by atoms with E-state index in [1.807, 2.05) is 24.3 Å². The minimum absolute atomic E-state index is 0.114. The number of methoxy groups -OCH3 is 3. The summed E-state index contributed by atoms with van der Waals surface area (Å²) in [5, 5.41) is 22.6. The molecule has 3 aliphatic rings. The molecule has 0 saturated carbocycles. The predicted molar refractivity (Wildman–Crippen MR) is 122 cm³/mol. The van der Waals surface area contributed by atoms with Gasteiger partial charge in [0.1, 0.15) is 0 Å². The van der Waals surface area contributed by atoms with Crippen molar-refractivity contribution in [3.8, 4) is 28.7 Å². The molecule has 1 aliphatic carbocycles.